The van der Waals surface area contributed by atoms with Gasteiger partial charge >= 0.3 is 23.2 Å². The van der Waals surface area contributed by atoms with Gasteiger partial charge in [0.15, 0.2) is 0 Å². The van der Waals surface area contributed by atoms with Crippen molar-refractivity contribution in [3.8, 4) is 0 Å². The SMILES string of the molecule is C=COP(=O)(O)N(P(=O)(O)OC=C)P(=O)(O)OC=C. The molecule has 10 nitrogen and oxygen atoms in total. The second-order valence-corrected chi connectivity index (χ2v) is 8.28. The van der Waals surface area contributed by atoms with Gasteiger partial charge in [0.1, 0.15) is 0 Å². The second-order valence-electron chi connectivity index (χ2n) is 2.56. The highest BCUT2D eigenvalue weighted by Crippen LogP contribution is 2.76. The molecular weight excluding hydrogens is 323 g/mol. The lowest BCUT2D eigenvalue weighted by atomic mass is 11.2. The van der Waals surface area contributed by atoms with Gasteiger partial charge in [-0.3, -0.25) is 0 Å². The molecule has 0 amide bonds. The summed E-state index contributed by atoms with van der Waals surface area (Å²) < 4.78 is 46.4. The van der Waals surface area contributed by atoms with Crippen molar-refractivity contribution in [2.24, 2.45) is 0 Å². The van der Waals surface area contributed by atoms with Crippen LogP contribution >= 0.6 is 23.2 Å². The molecule has 0 spiro atoms. The molecule has 3 atom stereocenters. The third kappa shape index (κ3) is 4.63. The maximum atomic E-state index is 11.7. The molecule has 0 aromatic heterocycles. The normalized spacial score (nSPS) is 20.2. The van der Waals surface area contributed by atoms with Crippen molar-refractivity contribution in [2.45, 2.75) is 0 Å². The molecule has 0 bridgehead atoms. The number of nitrogens with zero attached hydrogens (tertiary/aromatic N) is 1. The molecule has 0 aromatic rings. The van der Waals surface area contributed by atoms with E-state index in [1.54, 1.807) is 0 Å². The predicted octanol–water partition coefficient (Wildman–Crippen LogP) is 2.07. The van der Waals surface area contributed by atoms with Crippen LogP contribution in [0, 0.1) is 0 Å². The number of rotatable bonds is 9. The van der Waals surface area contributed by atoms with Gasteiger partial charge in [-0.15, -0.1) is 0 Å². The Labute approximate surface area is 109 Å². The summed E-state index contributed by atoms with van der Waals surface area (Å²) in [7, 11) is -15.8. The molecule has 19 heavy (non-hydrogen) atoms. The van der Waals surface area contributed by atoms with Crippen LogP contribution in [-0.2, 0) is 27.3 Å². The molecule has 0 rings (SSSR count). The van der Waals surface area contributed by atoms with E-state index in [0.717, 1.165) is 0 Å². The Hall–Kier alpha value is -0.850. The highest BCUT2D eigenvalue weighted by Gasteiger charge is 2.58. The Morgan fingerprint density at radius 3 is 1.11 bits per heavy atom. The molecule has 0 aliphatic rings. The summed E-state index contributed by atoms with van der Waals surface area (Å²) in [4.78, 5) is 28.2. The lowest BCUT2D eigenvalue weighted by Crippen LogP contribution is -2.16. The molecule has 0 aliphatic carbocycles. The minimum atomic E-state index is -5.26. The summed E-state index contributed by atoms with van der Waals surface area (Å²) >= 11 is 0. The minimum absolute atomic E-state index is 0.426. The Bertz CT molecular complexity index is 431. The summed E-state index contributed by atoms with van der Waals surface area (Å²) in [6.07, 6.45) is 1.28. The van der Waals surface area contributed by atoms with E-state index in [-0.39, 0.29) is 0 Å². The van der Waals surface area contributed by atoms with Gasteiger partial charge in [0.25, 0.3) is 0 Å². The largest absolute Gasteiger partial charge is 0.479 e. The highest BCUT2D eigenvalue weighted by molar-refractivity contribution is 7.80. The van der Waals surface area contributed by atoms with Gasteiger partial charge in [-0.2, -0.15) is 0 Å². The summed E-state index contributed by atoms with van der Waals surface area (Å²) in [6.45, 7) is 8.82. The fourth-order valence-corrected chi connectivity index (χ4v) is 5.87. The Kier molecular flexibility index (Phi) is 6.25. The summed E-state index contributed by atoms with van der Waals surface area (Å²) in [6, 6.07) is 0. The summed E-state index contributed by atoms with van der Waals surface area (Å²) in [5.74, 6) is 0. The van der Waals surface area contributed by atoms with Crippen molar-refractivity contribution in [2.75, 3.05) is 0 Å². The van der Waals surface area contributed by atoms with Crippen LogP contribution in [0.5, 0.6) is 0 Å². The van der Waals surface area contributed by atoms with E-state index in [0.29, 0.717) is 18.8 Å². The molecule has 0 fully saturated rings. The minimum Gasteiger partial charge on any atom is -0.421 e. The number of hydrogen-bond acceptors (Lipinski definition) is 6. The topological polar surface area (TPSA) is 143 Å². The lowest BCUT2D eigenvalue weighted by Gasteiger charge is -2.28. The molecule has 13 heteroatoms. The average molecular weight is 335 g/mol. The molecule has 0 aliphatic heterocycles. The fourth-order valence-electron chi connectivity index (χ4n) is 0.846. The van der Waals surface area contributed by atoms with Gasteiger partial charge in [0.2, 0.25) is 0 Å². The Morgan fingerprint density at radius 2 is 0.947 bits per heavy atom. The van der Waals surface area contributed by atoms with Crippen LogP contribution in [-0.4, -0.2) is 18.9 Å². The van der Waals surface area contributed by atoms with Crippen molar-refractivity contribution in [3.63, 3.8) is 0 Å². The van der Waals surface area contributed by atoms with E-state index in [4.69, 9.17) is 0 Å². The monoisotopic (exact) mass is 335 g/mol. The first-order chi connectivity index (χ1) is 8.55. The first-order valence-corrected chi connectivity index (χ1v) is 8.82. The Morgan fingerprint density at radius 1 is 0.737 bits per heavy atom. The van der Waals surface area contributed by atoms with Crippen molar-refractivity contribution in [1.82, 2.24) is 4.21 Å². The molecule has 0 aromatic carbocycles. The van der Waals surface area contributed by atoms with Gasteiger partial charge < -0.3 is 28.3 Å². The smallest absolute Gasteiger partial charge is 0.421 e. The highest BCUT2D eigenvalue weighted by atomic mass is 31.3. The van der Waals surface area contributed by atoms with E-state index in [1.807, 2.05) is 0 Å². The van der Waals surface area contributed by atoms with Gasteiger partial charge in [-0.25, -0.2) is 13.7 Å². The van der Waals surface area contributed by atoms with Crippen molar-refractivity contribution < 1.29 is 41.9 Å². The lowest BCUT2D eigenvalue weighted by molar-refractivity contribution is 0.251. The van der Waals surface area contributed by atoms with Gasteiger partial charge in [0, 0.05) is 4.21 Å². The van der Waals surface area contributed by atoms with Crippen LogP contribution in [0.3, 0.4) is 0 Å². The predicted molar refractivity (Wildman–Crippen MR) is 65.2 cm³/mol. The van der Waals surface area contributed by atoms with Gasteiger partial charge in [0.05, 0.1) is 18.8 Å². The van der Waals surface area contributed by atoms with E-state index >= 15 is 0 Å². The maximum absolute atomic E-state index is 11.7. The third-order valence-corrected chi connectivity index (χ3v) is 8.01. The average Bonchev–Trinajstić information content (AvgIpc) is 2.14. The standard InChI is InChI=1S/C6H12NO9P3/c1-4-14-17(8,9)7(18(10,11)15-5-2)19(12,13)16-6-3/h4-6H,1-3H2,(H,8,9)(H,10,11)(H,12,13). The molecule has 0 radical (unpaired) electrons. The first-order valence-electron chi connectivity index (χ1n) is 4.23. The van der Waals surface area contributed by atoms with Crippen molar-refractivity contribution in [1.29, 1.82) is 0 Å². The van der Waals surface area contributed by atoms with Crippen LogP contribution < -0.4 is 0 Å². The van der Waals surface area contributed by atoms with Crippen LogP contribution in [0.25, 0.3) is 0 Å². The zero-order valence-corrected chi connectivity index (χ0v) is 12.1. The Balaban J connectivity index is 5.90. The zero-order valence-electron chi connectivity index (χ0n) is 9.43. The molecule has 3 N–H and O–H groups in total. The van der Waals surface area contributed by atoms with E-state index < -0.39 is 27.5 Å². The van der Waals surface area contributed by atoms with Crippen LogP contribution in [0.1, 0.15) is 0 Å². The van der Waals surface area contributed by atoms with Crippen molar-refractivity contribution >= 4 is 23.2 Å². The van der Waals surface area contributed by atoms with Crippen LogP contribution in [0.4, 0.5) is 0 Å². The molecular formula is C6H12NO9P3. The van der Waals surface area contributed by atoms with Crippen LogP contribution in [0.15, 0.2) is 38.5 Å². The zero-order chi connectivity index (χ0) is 15.3. The fraction of sp³-hybridized carbons (Fsp3) is 0. The van der Waals surface area contributed by atoms with E-state index in [2.05, 4.69) is 33.3 Å². The molecule has 0 heterocycles. The van der Waals surface area contributed by atoms with Gasteiger partial charge in [-0.05, 0) is 0 Å². The van der Waals surface area contributed by atoms with E-state index in [9.17, 15) is 28.4 Å². The molecule has 0 saturated carbocycles. The molecule has 110 valence electrons. The first kappa shape index (κ1) is 18.1. The summed E-state index contributed by atoms with van der Waals surface area (Å²) in [5, 5.41) is 0. The van der Waals surface area contributed by atoms with Gasteiger partial charge in [-0.1, -0.05) is 19.7 Å². The maximum Gasteiger partial charge on any atom is 0.479 e. The molecule has 3 unspecified atom stereocenters. The summed E-state index contributed by atoms with van der Waals surface area (Å²) in [5.41, 5.74) is 0. The molecule has 0 saturated heterocycles. The third-order valence-electron chi connectivity index (χ3n) is 1.31. The quantitative estimate of drug-likeness (QED) is 0.423. The second kappa shape index (κ2) is 6.54. The van der Waals surface area contributed by atoms with E-state index in [1.165, 1.54) is 0 Å². The van der Waals surface area contributed by atoms with Crippen LogP contribution in [0.2, 0.25) is 0 Å². The van der Waals surface area contributed by atoms with Crippen molar-refractivity contribution in [3.05, 3.63) is 38.5 Å². The number of hydrogen-bond donors (Lipinski definition) is 3.